The Hall–Kier alpha value is -0.120. The monoisotopic (exact) mass is 240 g/mol. The molecule has 2 heterocycles. The number of piperidine rings is 2. The lowest BCUT2D eigenvalue weighted by Crippen LogP contribution is -2.38. The van der Waals surface area contributed by atoms with Crippen molar-refractivity contribution in [3.8, 4) is 0 Å². The third kappa shape index (κ3) is 4.23. The van der Waals surface area contributed by atoms with E-state index in [0.717, 1.165) is 5.92 Å². The van der Waals surface area contributed by atoms with Gasteiger partial charge in [-0.05, 0) is 64.7 Å². The lowest BCUT2D eigenvalue weighted by Gasteiger charge is -2.34. The number of hydrogen-bond acceptors (Lipinski definition) is 3. The Labute approximate surface area is 106 Å². The number of hydrogen-bond donors (Lipinski definition) is 0. The Morgan fingerprint density at radius 3 is 2.24 bits per heavy atom. The molecule has 0 aromatic carbocycles. The van der Waals surface area contributed by atoms with E-state index in [1.165, 1.54) is 64.8 Å². The normalized spacial score (nSPS) is 26.5. The molecule has 100 valence electrons. The molecule has 0 saturated carbocycles. The van der Waals surface area contributed by atoms with Gasteiger partial charge in [0.25, 0.3) is 0 Å². The summed E-state index contributed by atoms with van der Waals surface area (Å²) >= 11 is 0. The maximum absolute atomic E-state index is 5.41. The first kappa shape index (κ1) is 13.3. The van der Waals surface area contributed by atoms with Gasteiger partial charge in [0.05, 0.1) is 6.10 Å². The molecule has 0 aliphatic carbocycles. The third-order valence-electron chi connectivity index (χ3n) is 4.56. The van der Waals surface area contributed by atoms with Crippen LogP contribution in [0.1, 0.15) is 32.1 Å². The van der Waals surface area contributed by atoms with Gasteiger partial charge in [-0.25, -0.2) is 0 Å². The second kappa shape index (κ2) is 6.72. The molecule has 2 fully saturated rings. The van der Waals surface area contributed by atoms with Crippen LogP contribution in [0.2, 0.25) is 0 Å². The van der Waals surface area contributed by atoms with E-state index >= 15 is 0 Å². The molecule has 17 heavy (non-hydrogen) atoms. The van der Waals surface area contributed by atoms with Gasteiger partial charge in [-0.1, -0.05) is 0 Å². The molecule has 0 spiro atoms. The van der Waals surface area contributed by atoms with Gasteiger partial charge >= 0.3 is 0 Å². The summed E-state index contributed by atoms with van der Waals surface area (Å²) in [6, 6.07) is 0. The SMILES string of the molecule is COC1CCN(CCC2CCN(C)CC2)CC1. The van der Waals surface area contributed by atoms with Crippen molar-refractivity contribution in [1.82, 2.24) is 9.80 Å². The molecular weight excluding hydrogens is 212 g/mol. The highest BCUT2D eigenvalue weighted by Crippen LogP contribution is 2.21. The number of methoxy groups -OCH3 is 1. The Balaban J connectivity index is 1.59. The summed E-state index contributed by atoms with van der Waals surface area (Å²) < 4.78 is 5.41. The second-order valence-electron chi connectivity index (χ2n) is 5.81. The largest absolute Gasteiger partial charge is 0.381 e. The molecule has 0 bridgehead atoms. The number of ether oxygens (including phenoxy) is 1. The highest BCUT2D eigenvalue weighted by molar-refractivity contribution is 4.75. The molecule has 0 unspecified atom stereocenters. The fourth-order valence-corrected chi connectivity index (χ4v) is 3.08. The summed E-state index contributed by atoms with van der Waals surface area (Å²) in [6.45, 7) is 6.40. The smallest absolute Gasteiger partial charge is 0.0595 e. The Kier molecular flexibility index (Phi) is 5.26. The Bertz CT molecular complexity index is 206. The lowest BCUT2D eigenvalue weighted by molar-refractivity contribution is 0.0386. The third-order valence-corrected chi connectivity index (χ3v) is 4.56. The van der Waals surface area contributed by atoms with E-state index in [0.29, 0.717) is 6.10 Å². The molecule has 2 aliphatic rings. The van der Waals surface area contributed by atoms with Crippen LogP contribution in [0.4, 0.5) is 0 Å². The molecule has 0 aromatic rings. The van der Waals surface area contributed by atoms with Crippen LogP contribution in [-0.2, 0) is 4.74 Å². The summed E-state index contributed by atoms with van der Waals surface area (Å²) in [7, 11) is 4.09. The van der Waals surface area contributed by atoms with Crippen LogP contribution in [0.15, 0.2) is 0 Å². The second-order valence-corrected chi connectivity index (χ2v) is 5.81. The van der Waals surface area contributed by atoms with Crippen molar-refractivity contribution in [2.45, 2.75) is 38.2 Å². The van der Waals surface area contributed by atoms with Crippen molar-refractivity contribution < 1.29 is 4.74 Å². The average molecular weight is 240 g/mol. The summed E-state index contributed by atoms with van der Waals surface area (Å²) in [5.74, 6) is 0.978. The van der Waals surface area contributed by atoms with E-state index in [1.807, 2.05) is 7.11 Å². The first-order valence-electron chi connectivity index (χ1n) is 7.21. The van der Waals surface area contributed by atoms with Gasteiger partial charge in [0.1, 0.15) is 0 Å². The van der Waals surface area contributed by atoms with Gasteiger partial charge in [0, 0.05) is 20.2 Å². The van der Waals surface area contributed by atoms with E-state index < -0.39 is 0 Å². The molecule has 0 N–H and O–H groups in total. The van der Waals surface area contributed by atoms with Crippen molar-refractivity contribution in [1.29, 1.82) is 0 Å². The van der Waals surface area contributed by atoms with E-state index in [-0.39, 0.29) is 0 Å². The molecule has 0 amide bonds. The van der Waals surface area contributed by atoms with Crippen molar-refractivity contribution >= 4 is 0 Å². The number of rotatable bonds is 4. The first-order valence-corrected chi connectivity index (χ1v) is 7.21. The zero-order valence-corrected chi connectivity index (χ0v) is 11.5. The molecule has 0 aromatic heterocycles. The highest BCUT2D eigenvalue weighted by Gasteiger charge is 2.21. The molecule has 3 nitrogen and oxygen atoms in total. The minimum Gasteiger partial charge on any atom is -0.381 e. The first-order chi connectivity index (χ1) is 8.28. The van der Waals surface area contributed by atoms with Crippen LogP contribution >= 0.6 is 0 Å². The predicted octanol–water partition coefficient (Wildman–Crippen LogP) is 1.83. The summed E-state index contributed by atoms with van der Waals surface area (Å²) in [5, 5.41) is 0. The zero-order chi connectivity index (χ0) is 12.1. The fraction of sp³-hybridized carbons (Fsp3) is 1.00. The van der Waals surface area contributed by atoms with Crippen molar-refractivity contribution in [2.24, 2.45) is 5.92 Å². The van der Waals surface area contributed by atoms with E-state index in [9.17, 15) is 0 Å². The standard InChI is InChI=1S/C14H28N2O/c1-15-8-3-13(4-9-15)5-10-16-11-6-14(17-2)7-12-16/h13-14H,3-12H2,1-2H3. The van der Waals surface area contributed by atoms with Gasteiger partial charge < -0.3 is 14.5 Å². The zero-order valence-electron chi connectivity index (χ0n) is 11.5. The van der Waals surface area contributed by atoms with Gasteiger partial charge in [-0.15, -0.1) is 0 Å². The minimum absolute atomic E-state index is 0.523. The molecule has 2 rings (SSSR count). The maximum atomic E-state index is 5.41. The van der Waals surface area contributed by atoms with Crippen LogP contribution in [0.5, 0.6) is 0 Å². The molecule has 0 radical (unpaired) electrons. The maximum Gasteiger partial charge on any atom is 0.0595 e. The van der Waals surface area contributed by atoms with Crippen molar-refractivity contribution in [3.63, 3.8) is 0 Å². The van der Waals surface area contributed by atoms with E-state index in [1.54, 1.807) is 0 Å². The Morgan fingerprint density at radius 2 is 1.65 bits per heavy atom. The Morgan fingerprint density at radius 1 is 1.00 bits per heavy atom. The fourth-order valence-electron chi connectivity index (χ4n) is 3.08. The number of nitrogens with zero attached hydrogens (tertiary/aromatic N) is 2. The van der Waals surface area contributed by atoms with Gasteiger partial charge in [0.15, 0.2) is 0 Å². The topological polar surface area (TPSA) is 15.7 Å². The minimum atomic E-state index is 0.523. The van der Waals surface area contributed by atoms with Gasteiger partial charge in [0.2, 0.25) is 0 Å². The van der Waals surface area contributed by atoms with Gasteiger partial charge in [-0.3, -0.25) is 0 Å². The molecular formula is C14H28N2O. The van der Waals surface area contributed by atoms with Crippen LogP contribution in [-0.4, -0.2) is 62.8 Å². The summed E-state index contributed by atoms with van der Waals surface area (Å²) in [6.07, 6.45) is 7.20. The molecule has 3 heteroatoms. The molecule has 2 aliphatic heterocycles. The van der Waals surface area contributed by atoms with Crippen LogP contribution < -0.4 is 0 Å². The lowest BCUT2D eigenvalue weighted by atomic mass is 9.93. The molecule has 0 atom stereocenters. The molecule has 2 saturated heterocycles. The predicted molar refractivity (Wildman–Crippen MR) is 71.3 cm³/mol. The summed E-state index contributed by atoms with van der Waals surface area (Å²) in [5.41, 5.74) is 0. The van der Waals surface area contributed by atoms with Gasteiger partial charge in [-0.2, -0.15) is 0 Å². The van der Waals surface area contributed by atoms with Crippen LogP contribution in [0, 0.1) is 5.92 Å². The highest BCUT2D eigenvalue weighted by atomic mass is 16.5. The van der Waals surface area contributed by atoms with Crippen molar-refractivity contribution in [3.05, 3.63) is 0 Å². The van der Waals surface area contributed by atoms with Crippen LogP contribution in [0.3, 0.4) is 0 Å². The van der Waals surface area contributed by atoms with Crippen molar-refractivity contribution in [2.75, 3.05) is 46.9 Å². The summed E-state index contributed by atoms with van der Waals surface area (Å²) in [4.78, 5) is 5.09. The van der Waals surface area contributed by atoms with E-state index in [2.05, 4.69) is 16.8 Å². The average Bonchev–Trinajstić information content (AvgIpc) is 2.39. The number of likely N-dealkylation sites (tertiary alicyclic amines) is 2. The van der Waals surface area contributed by atoms with Crippen LogP contribution in [0.25, 0.3) is 0 Å². The van der Waals surface area contributed by atoms with E-state index in [4.69, 9.17) is 4.74 Å². The quantitative estimate of drug-likeness (QED) is 0.745.